The number of methoxy groups -OCH3 is 1. The SMILES string of the molecule is C=CCC(C)NC(C)c1ccc2cc(OC)ccc2c1. The van der Waals surface area contributed by atoms with Gasteiger partial charge in [-0.1, -0.05) is 24.3 Å². The molecule has 2 atom stereocenters. The smallest absolute Gasteiger partial charge is 0.119 e. The van der Waals surface area contributed by atoms with Crippen LogP contribution in [0.5, 0.6) is 5.75 Å². The van der Waals surface area contributed by atoms with Gasteiger partial charge in [-0.05, 0) is 54.8 Å². The lowest BCUT2D eigenvalue weighted by molar-refractivity contribution is 0.415. The van der Waals surface area contributed by atoms with Gasteiger partial charge >= 0.3 is 0 Å². The van der Waals surface area contributed by atoms with Crippen molar-refractivity contribution in [3.05, 3.63) is 54.6 Å². The highest BCUT2D eigenvalue weighted by molar-refractivity contribution is 5.84. The van der Waals surface area contributed by atoms with Gasteiger partial charge in [0.25, 0.3) is 0 Å². The van der Waals surface area contributed by atoms with Crippen molar-refractivity contribution in [2.45, 2.75) is 32.4 Å². The molecular weight excluding hydrogens is 246 g/mol. The van der Waals surface area contributed by atoms with E-state index in [9.17, 15) is 0 Å². The fraction of sp³-hybridized carbons (Fsp3) is 0.333. The molecule has 0 saturated heterocycles. The monoisotopic (exact) mass is 269 g/mol. The first kappa shape index (κ1) is 14.6. The lowest BCUT2D eigenvalue weighted by Crippen LogP contribution is -2.28. The number of nitrogens with one attached hydrogen (secondary N) is 1. The molecule has 0 bridgehead atoms. The number of hydrogen-bond donors (Lipinski definition) is 1. The predicted molar refractivity (Wildman–Crippen MR) is 86.3 cm³/mol. The molecule has 0 spiro atoms. The highest BCUT2D eigenvalue weighted by Gasteiger charge is 2.09. The van der Waals surface area contributed by atoms with E-state index < -0.39 is 0 Å². The van der Waals surface area contributed by atoms with Crippen molar-refractivity contribution in [1.29, 1.82) is 0 Å². The van der Waals surface area contributed by atoms with E-state index in [1.54, 1.807) is 7.11 Å². The Labute approximate surface area is 121 Å². The molecule has 0 amide bonds. The zero-order chi connectivity index (χ0) is 14.5. The predicted octanol–water partition coefficient (Wildman–Crippen LogP) is 4.46. The molecule has 106 valence electrons. The van der Waals surface area contributed by atoms with Gasteiger partial charge in [-0.15, -0.1) is 6.58 Å². The Bertz CT molecular complexity index is 591. The molecule has 1 N–H and O–H groups in total. The number of benzene rings is 2. The van der Waals surface area contributed by atoms with Gasteiger partial charge in [0, 0.05) is 12.1 Å². The molecule has 2 rings (SSSR count). The second-order valence-electron chi connectivity index (χ2n) is 5.29. The van der Waals surface area contributed by atoms with E-state index in [2.05, 4.69) is 56.1 Å². The van der Waals surface area contributed by atoms with Crippen molar-refractivity contribution in [3.8, 4) is 5.75 Å². The third-order valence-corrected chi connectivity index (χ3v) is 3.63. The molecule has 0 fully saturated rings. The summed E-state index contributed by atoms with van der Waals surface area (Å²) in [7, 11) is 1.70. The van der Waals surface area contributed by atoms with Crippen LogP contribution in [0.1, 0.15) is 31.9 Å². The first-order chi connectivity index (χ1) is 9.63. The molecule has 0 saturated carbocycles. The third kappa shape index (κ3) is 3.40. The summed E-state index contributed by atoms with van der Waals surface area (Å²) in [6.07, 6.45) is 2.94. The fourth-order valence-corrected chi connectivity index (χ4v) is 2.48. The maximum Gasteiger partial charge on any atom is 0.119 e. The summed E-state index contributed by atoms with van der Waals surface area (Å²) in [5.74, 6) is 0.899. The van der Waals surface area contributed by atoms with E-state index in [-0.39, 0.29) is 0 Å². The molecule has 0 aliphatic rings. The molecule has 0 aromatic heterocycles. The van der Waals surface area contributed by atoms with Crippen LogP contribution in [0, 0.1) is 0 Å². The normalized spacial score (nSPS) is 13.9. The minimum Gasteiger partial charge on any atom is -0.497 e. The van der Waals surface area contributed by atoms with Crippen LogP contribution in [-0.2, 0) is 0 Å². The van der Waals surface area contributed by atoms with Crippen LogP contribution in [-0.4, -0.2) is 13.2 Å². The van der Waals surface area contributed by atoms with Crippen LogP contribution in [0.4, 0.5) is 0 Å². The molecule has 0 radical (unpaired) electrons. The quantitative estimate of drug-likeness (QED) is 0.782. The van der Waals surface area contributed by atoms with E-state index in [0.29, 0.717) is 12.1 Å². The molecule has 0 aliphatic heterocycles. The standard InChI is InChI=1S/C18H23NO/c1-5-6-13(2)19-14(3)15-7-8-17-12-18(20-4)10-9-16(17)11-15/h5,7-14,19H,1,6H2,2-4H3. The molecule has 0 aliphatic carbocycles. The van der Waals surface area contributed by atoms with Gasteiger partial charge in [0.2, 0.25) is 0 Å². The minimum atomic E-state index is 0.330. The summed E-state index contributed by atoms with van der Waals surface area (Å²) in [5.41, 5.74) is 1.30. The van der Waals surface area contributed by atoms with E-state index in [1.807, 2.05) is 12.1 Å². The molecule has 2 unspecified atom stereocenters. The summed E-state index contributed by atoms with van der Waals surface area (Å²) in [4.78, 5) is 0. The van der Waals surface area contributed by atoms with Gasteiger partial charge in [-0.3, -0.25) is 0 Å². The molecule has 20 heavy (non-hydrogen) atoms. The molecule has 2 aromatic rings. The van der Waals surface area contributed by atoms with E-state index in [0.717, 1.165) is 12.2 Å². The molecule has 2 heteroatoms. The van der Waals surface area contributed by atoms with Gasteiger partial charge in [-0.2, -0.15) is 0 Å². The number of ether oxygens (including phenoxy) is 1. The highest BCUT2D eigenvalue weighted by atomic mass is 16.5. The second kappa shape index (κ2) is 6.58. The maximum atomic E-state index is 5.26. The molecule has 0 heterocycles. The third-order valence-electron chi connectivity index (χ3n) is 3.63. The van der Waals surface area contributed by atoms with Crippen LogP contribution < -0.4 is 10.1 Å². The largest absolute Gasteiger partial charge is 0.497 e. The first-order valence-corrected chi connectivity index (χ1v) is 7.08. The lowest BCUT2D eigenvalue weighted by atomic mass is 10.0. The summed E-state index contributed by atoms with van der Waals surface area (Å²) >= 11 is 0. The zero-order valence-corrected chi connectivity index (χ0v) is 12.5. The second-order valence-corrected chi connectivity index (χ2v) is 5.29. The topological polar surface area (TPSA) is 21.3 Å². The Morgan fingerprint density at radius 1 is 1.15 bits per heavy atom. The summed E-state index contributed by atoms with van der Waals surface area (Å²) < 4.78 is 5.26. The van der Waals surface area contributed by atoms with Crippen molar-refractivity contribution in [2.75, 3.05) is 7.11 Å². The van der Waals surface area contributed by atoms with Crippen LogP contribution in [0.15, 0.2) is 49.1 Å². The lowest BCUT2D eigenvalue weighted by Gasteiger charge is -2.19. The van der Waals surface area contributed by atoms with Gasteiger partial charge in [0.1, 0.15) is 5.75 Å². The summed E-state index contributed by atoms with van der Waals surface area (Å²) in [5, 5.41) is 6.04. The molecular formula is C18H23NO. The van der Waals surface area contributed by atoms with Gasteiger partial charge in [-0.25, -0.2) is 0 Å². The summed E-state index contributed by atoms with van der Waals surface area (Å²) in [6, 6.07) is 13.5. The van der Waals surface area contributed by atoms with E-state index in [4.69, 9.17) is 4.74 Å². The average Bonchev–Trinajstić information content (AvgIpc) is 2.46. The zero-order valence-electron chi connectivity index (χ0n) is 12.5. The van der Waals surface area contributed by atoms with Gasteiger partial charge < -0.3 is 10.1 Å². The van der Waals surface area contributed by atoms with Crippen molar-refractivity contribution in [1.82, 2.24) is 5.32 Å². The van der Waals surface area contributed by atoms with Gasteiger partial charge in [0.15, 0.2) is 0 Å². The summed E-state index contributed by atoms with van der Waals surface area (Å²) in [6.45, 7) is 8.17. The van der Waals surface area contributed by atoms with Crippen molar-refractivity contribution in [2.24, 2.45) is 0 Å². The van der Waals surface area contributed by atoms with Crippen LogP contribution in [0.25, 0.3) is 10.8 Å². The maximum absolute atomic E-state index is 5.26. The molecule has 2 aromatic carbocycles. The number of fused-ring (bicyclic) bond motifs is 1. The Morgan fingerprint density at radius 3 is 2.55 bits per heavy atom. The van der Waals surface area contributed by atoms with E-state index in [1.165, 1.54) is 16.3 Å². The fourth-order valence-electron chi connectivity index (χ4n) is 2.48. The van der Waals surface area contributed by atoms with Crippen LogP contribution in [0.3, 0.4) is 0 Å². The highest BCUT2D eigenvalue weighted by Crippen LogP contribution is 2.24. The van der Waals surface area contributed by atoms with E-state index >= 15 is 0 Å². The first-order valence-electron chi connectivity index (χ1n) is 7.08. The Hall–Kier alpha value is -1.80. The van der Waals surface area contributed by atoms with Crippen molar-refractivity contribution in [3.63, 3.8) is 0 Å². The Kier molecular flexibility index (Phi) is 4.80. The minimum absolute atomic E-state index is 0.330. The van der Waals surface area contributed by atoms with Crippen molar-refractivity contribution < 1.29 is 4.74 Å². The van der Waals surface area contributed by atoms with Gasteiger partial charge in [0.05, 0.1) is 7.11 Å². The average molecular weight is 269 g/mol. The van der Waals surface area contributed by atoms with Crippen molar-refractivity contribution >= 4 is 10.8 Å². The number of hydrogen-bond acceptors (Lipinski definition) is 2. The molecule has 2 nitrogen and oxygen atoms in total. The number of rotatable bonds is 6. The van der Waals surface area contributed by atoms with Crippen LogP contribution in [0.2, 0.25) is 0 Å². The Balaban J connectivity index is 2.20. The van der Waals surface area contributed by atoms with Crippen LogP contribution >= 0.6 is 0 Å². The Morgan fingerprint density at radius 2 is 1.85 bits per heavy atom.